The average Bonchev–Trinajstić information content (AvgIpc) is 2.72. The van der Waals surface area contributed by atoms with E-state index < -0.39 is 5.82 Å². The molecule has 3 nitrogen and oxygen atoms in total. The molecule has 1 heterocycles. The second-order valence-corrected chi connectivity index (χ2v) is 5.01. The Morgan fingerprint density at radius 2 is 2.28 bits per heavy atom. The van der Waals surface area contributed by atoms with E-state index in [2.05, 4.69) is 0 Å². The van der Waals surface area contributed by atoms with Crippen LogP contribution >= 0.6 is 11.6 Å². The molecule has 98 valence electrons. The van der Waals surface area contributed by atoms with E-state index in [1.54, 1.807) is 4.90 Å². The van der Waals surface area contributed by atoms with Crippen LogP contribution in [0.2, 0.25) is 5.02 Å². The van der Waals surface area contributed by atoms with E-state index >= 15 is 0 Å². The van der Waals surface area contributed by atoms with Crippen LogP contribution in [-0.2, 0) is 0 Å². The summed E-state index contributed by atoms with van der Waals surface area (Å²) in [6.45, 7) is 1.84. The summed E-state index contributed by atoms with van der Waals surface area (Å²) < 4.78 is 13.2. The highest BCUT2D eigenvalue weighted by Gasteiger charge is 2.35. The number of likely N-dealkylation sites (tertiary alicyclic amines) is 1. The van der Waals surface area contributed by atoms with Gasteiger partial charge in [0.05, 0.1) is 23.2 Å². The van der Waals surface area contributed by atoms with Gasteiger partial charge < -0.3 is 10.0 Å². The molecule has 1 aromatic rings. The minimum atomic E-state index is -0.491. The summed E-state index contributed by atoms with van der Waals surface area (Å²) in [6, 6.07) is 3.57. The maximum atomic E-state index is 13.2. The lowest BCUT2D eigenvalue weighted by Gasteiger charge is -2.27. The number of hydrogen-bond donors (Lipinski definition) is 1. The first-order valence-electron chi connectivity index (χ1n) is 5.93. The van der Waals surface area contributed by atoms with Crippen LogP contribution in [0.3, 0.4) is 0 Å². The lowest BCUT2D eigenvalue weighted by atomic mass is 10.1. The zero-order chi connectivity index (χ0) is 13.3. The van der Waals surface area contributed by atoms with Crippen LogP contribution in [0.4, 0.5) is 4.39 Å². The van der Waals surface area contributed by atoms with E-state index in [0.29, 0.717) is 0 Å². The van der Waals surface area contributed by atoms with Gasteiger partial charge in [-0.25, -0.2) is 4.39 Å². The Kier molecular flexibility index (Phi) is 3.88. The summed E-state index contributed by atoms with van der Waals surface area (Å²) in [5.74, 6) is -0.807. The van der Waals surface area contributed by atoms with Gasteiger partial charge in [0, 0.05) is 6.04 Å². The molecule has 1 aliphatic heterocycles. The van der Waals surface area contributed by atoms with Gasteiger partial charge in [0.15, 0.2) is 0 Å². The fraction of sp³-hybridized carbons (Fsp3) is 0.462. The molecule has 2 rings (SSSR count). The van der Waals surface area contributed by atoms with Gasteiger partial charge in [-0.05, 0) is 38.0 Å². The van der Waals surface area contributed by atoms with E-state index in [4.69, 9.17) is 11.6 Å². The van der Waals surface area contributed by atoms with Gasteiger partial charge in [-0.2, -0.15) is 0 Å². The third-order valence-electron chi connectivity index (χ3n) is 3.39. The first kappa shape index (κ1) is 13.3. The minimum Gasteiger partial charge on any atom is -0.394 e. The molecule has 0 bridgehead atoms. The zero-order valence-electron chi connectivity index (χ0n) is 10.1. The number of hydrogen-bond acceptors (Lipinski definition) is 2. The van der Waals surface area contributed by atoms with E-state index in [0.717, 1.165) is 18.9 Å². The largest absolute Gasteiger partial charge is 0.394 e. The van der Waals surface area contributed by atoms with E-state index in [-0.39, 0.29) is 35.2 Å². The lowest BCUT2D eigenvalue weighted by molar-refractivity contribution is 0.0611. The third kappa shape index (κ3) is 2.35. The van der Waals surface area contributed by atoms with Gasteiger partial charge >= 0.3 is 0 Å². The smallest absolute Gasteiger partial charge is 0.256 e. The zero-order valence-corrected chi connectivity index (χ0v) is 10.8. The van der Waals surface area contributed by atoms with Gasteiger partial charge in [-0.1, -0.05) is 11.6 Å². The average molecular weight is 272 g/mol. The first-order valence-corrected chi connectivity index (χ1v) is 6.31. The van der Waals surface area contributed by atoms with Crippen LogP contribution in [0.5, 0.6) is 0 Å². The molecule has 0 radical (unpaired) electrons. The molecule has 1 fully saturated rings. The van der Waals surface area contributed by atoms with Crippen molar-refractivity contribution in [2.75, 3.05) is 6.61 Å². The van der Waals surface area contributed by atoms with E-state index in [1.807, 2.05) is 6.92 Å². The quantitative estimate of drug-likeness (QED) is 0.898. The highest BCUT2D eigenvalue weighted by molar-refractivity contribution is 6.33. The van der Waals surface area contributed by atoms with E-state index in [1.165, 1.54) is 12.1 Å². The molecule has 1 saturated heterocycles. The summed E-state index contributed by atoms with van der Waals surface area (Å²) in [6.07, 6.45) is 1.60. The van der Waals surface area contributed by atoms with Crippen LogP contribution in [0, 0.1) is 5.82 Å². The van der Waals surface area contributed by atoms with Gasteiger partial charge in [-0.3, -0.25) is 4.79 Å². The first-order chi connectivity index (χ1) is 8.54. The third-order valence-corrected chi connectivity index (χ3v) is 3.72. The van der Waals surface area contributed by atoms with Crippen molar-refractivity contribution in [3.63, 3.8) is 0 Å². The highest BCUT2D eigenvalue weighted by atomic mass is 35.5. The fourth-order valence-electron chi connectivity index (χ4n) is 2.42. The molecule has 1 aromatic carbocycles. The molecule has 0 aromatic heterocycles. The van der Waals surface area contributed by atoms with Crippen molar-refractivity contribution in [2.45, 2.75) is 31.8 Å². The molecule has 0 saturated carbocycles. The van der Waals surface area contributed by atoms with Gasteiger partial charge in [-0.15, -0.1) is 0 Å². The summed E-state index contributed by atoms with van der Waals surface area (Å²) >= 11 is 5.93. The van der Waals surface area contributed by atoms with Gasteiger partial charge in [0.25, 0.3) is 5.91 Å². The van der Waals surface area contributed by atoms with Crippen LogP contribution in [0.1, 0.15) is 30.1 Å². The molecule has 0 aliphatic carbocycles. The van der Waals surface area contributed by atoms with E-state index in [9.17, 15) is 14.3 Å². The highest BCUT2D eigenvalue weighted by Crippen LogP contribution is 2.28. The second-order valence-electron chi connectivity index (χ2n) is 4.60. The Morgan fingerprint density at radius 3 is 2.94 bits per heavy atom. The Morgan fingerprint density at radius 1 is 1.56 bits per heavy atom. The Labute approximate surface area is 110 Å². The van der Waals surface area contributed by atoms with Crippen LogP contribution in [0.15, 0.2) is 18.2 Å². The summed E-state index contributed by atoms with van der Waals surface area (Å²) in [4.78, 5) is 14.0. The van der Waals surface area contributed by atoms with Crippen molar-refractivity contribution >= 4 is 17.5 Å². The van der Waals surface area contributed by atoms with Crippen molar-refractivity contribution in [1.82, 2.24) is 4.90 Å². The van der Waals surface area contributed by atoms with Crippen molar-refractivity contribution in [1.29, 1.82) is 0 Å². The number of halogens is 2. The SMILES string of the molecule is C[C@@H]1CC[C@H](CO)N1C(=O)c1cc(F)ccc1Cl. The number of amides is 1. The van der Waals surface area contributed by atoms with Crippen LogP contribution in [-0.4, -0.2) is 34.6 Å². The number of aliphatic hydroxyl groups is 1. The summed E-state index contributed by atoms with van der Waals surface area (Å²) in [5.41, 5.74) is 0.156. The van der Waals surface area contributed by atoms with Crippen LogP contribution in [0.25, 0.3) is 0 Å². The monoisotopic (exact) mass is 271 g/mol. The number of carbonyl (C=O) groups excluding carboxylic acids is 1. The maximum absolute atomic E-state index is 13.2. The Balaban J connectivity index is 2.32. The number of aliphatic hydroxyl groups excluding tert-OH is 1. The molecule has 5 heteroatoms. The molecule has 1 aliphatic rings. The molecule has 18 heavy (non-hydrogen) atoms. The van der Waals surface area contributed by atoms with Crippen molar-refractivity contribution in [3.8, 4) is 0 Å². The predicted molar refractivity (Wildman–Crippen MR) is 67.1 cm³/mol. The Hall–Kier alpha value is -1.13. The summed E-state index contributed by atoms with van der Waals surface area (Å²) in [5, 5.41) is 9.51. The summed E-state index contributed by atoms with van der Waals surface area (Å²) in [7, 11) is 0. The topological polar surface area (TPSA) is 40.5 Å². The molecule has 0 unspecified atom stereocenters. The molecule has 1 N–H and O–H groups in total. The van der Waals surface area contributed by atoms with Gasteiger partial charge in [0.1, 0.15) is 5.82 Å². The number of benzene rings is 1. The number of carbonyl (C=O) groups is 1. The normalized spacial score (nSPS) is 23.4. The predicted octanol–water partition coefficient (Wildman–Crippen LogP) is 2.46. The van der Waals surface area contributed by atoms with Gasteiger partial charge in [0.2, 0.25) is 0 Å². The molecule has 2 atom stereocenters. The van der Waals surface area contributed by atoms with Crippen molar-refractivity contribution in [2.24, 2.45) is 0 Å². The molecule has 0 spiro atoms. The number of rotatable bonds is 2. The van der Waals surface area contributed by atoms with Crippen molar-refractivity contribution < 1.29 is 14.3 Å². The lowest BCUT2D eigenvalue weighted by Crippen LogP contribution is -2.41. The fourth-order valence-corrected chi connectivity index (χ4v) is 2.62. The molecular weight excluding hydrogens is 257 g/mol. The number of nitrogens with zero attached hydrogens (tertiary/aromatic N) is 1. The molecule has 1 amide bonds. The minimum absolute atomic E-state index is 0.0361. The maximum Gasteiger partial charge on any atom is 0.256 e. The van der Waals surface area contributed by atoms with Crippen LogP contribution < -0.4 is 0 Å². The standard InChI is InChI=1S/C13H15ClFNO2/c1-8-2-4-10(7-17)16(8)13(18)11-6-9(15)3-5-12(11)14/h3,5-6,8,10,17H,2,4,7H2,1H3/t8-,10-/m1/s1. The van der Waals surface area contributed by atoms with Crippen molar-refractivity contribution in [3.05, 3.63) is 34.6 Å². The second kappa shape index (κ2) is 5.24. The Bertz CT molecular complexity index is 466. The molecular formula is C13H15ClFNO2.